The monoisotopic (exact) mass is 693 g/mol. The molecule has 0 fully saturated rings. The molecule has 0 aliphatic heterocycles. The minimum atomic E-state index is -1.04. The van der Waals surface area contributed by atoms with E-state index in [1.165, 1.54) is 10.8 Å². The van der Waals surface area contributed by atoms with E-state index in [0.29, 0.717) is 31.8 Å². The maximum Gasteiger partial charge on any atom is 0.326 e. The Balaban J connectivity index is 1.32. The molecule has 0 bridgehead atoms. The van der Waals surface area contributed by atoms with Crippen LogP contribution in [0.5, 0.6) is 0 Å². The van der Waals surface area contributed by atoms with E-state index in [0.717, 1.165) is 34.0 Å². The van der Waals surface area contributed by atoms with Gasteiger partial charge in [0.2, 0.25) is 11.8 Å². The first kappa shape index (κ1) is 36.6. The summed E-state index contributed by atoms with van der Waals surface area (Å²) in [4.78, 5) is 45.3. The lowest BCUT2D eigenvalue weighted by atomic mass is 9.97. The molecule has 0 saturated heterocycles. The van der Waals surface area contributed by atoms with Crippen LogP contribution in [0.4, 0.5) is 0 Å². The molecule has 0 spiro atoms. The van der Waals surface area contributed by atoms with Crippen LogP contribution >= 0.6 is 11.8 Å². The van der Waals surface area contributed by atoms with Gasteiger partial charge in [0, 0.05) is 37.6 Å². The highest BCUT2D eigenvalue weighted by molar-refractivity contribution is 7.98. The smallest absolute Gasteiger partial charge is 0.326 e. The van der Waals surface area contributed by atoms with Gasteiger partial charge in [-0.05, 0) is 63.1 Å². The van der Waals surface area contributed by atoms with E-state index >= 15 is 0 Å². The number of carbonyl (C=O) groups is 3. The predicted octanol–water partition coefficient (Wildman–Crippen LogP) is 6.14. The normalized spacial score (nSPS) is 13.3. The van der Waals surface area contributed by atoms with Crippen molar-refractivity contribution in [2.75, 3.05) is 25.1 Å². The van der Waals surface area contributed by atoms with Crippen molar-refractivity contribution in [3.63, 3.8) is 0 Å². The molecule has 2 amide bonds. The van der Waals surface area contributed by atoms with Gasteiger partial charge in [-0.2, -0.15) is 11.8 Å². The van der Waals surface area contributed by atoms with Crippen LogP contribution in [0.2, 0.25) is 0 Å². The topological polar surface area (TPSA) is 117 Å². The van der Waals surface area contributed by atoms with Crippen molar-refractivity contribution in [2.45, 2.75) is 58.3 Å². The first-order chi connectivity index (χ1) is 24.2. The average molecular weight is 694 g/mol. The van der Waals surface area contributed by atoms with E-state index in [1.54, 1.807) is 24.3 Å². The molecular formula is C40H47N5O4S. The second kappa shape index (κ2) is 17.8. The summed E-state index contributed by atoms with van der Waals surface area (Å²) in [5, 5.41) is 20.3. The van der Waals surface area contributed by atoms with Crippen LogP contribution in [0.15, 0.2) is 97.5 Å². The zero-order chi connectivity index (χ0) is 35.5. The van der Waals surface area contributed by atoms with E-state index in [1.807, 2.05) is 46.1 Å². The van der Waals surface area contributed by atoms with Gasteiger partial charge < -0.3 is 20.3 Å². The molecule has 50 heavy (non-hydrogen) atoms. The SMILES string of the molecule is CCC(C)[C@@H](CN(CC(=O)N[C@@H](CCSC)C(=O)O)Cc1cccc2ccccc12)NC(=O)Cc1cncn1Cc1ccc2ccccc2c1. The van der Waals surface area contributed by atoms with Crippen molar-refractivity contribution >= 4 is 51.1 Å². The second-order valence-corrected chi connectivity index (χ2v) is 14.0. The van der Waals surface area contributed by atoms with Gasteiger partial charge in [-0.15, -0.1) is 0 Å². The fraction of sp³-hybridized carbons (Fsp3) is 0.350. The number of aliphatic carboxylic acids is 1. The highest BCUT2D eigenvalue weighted by atomic mass is 32.2. The van der Waals surface area contributed by atoms with E-state index in [4.69, 9.17) is 0 Å². The maximum absolute atomic E-state index is 13.7. The summed E-state index contributed by atoms with van der Waals surface area (Å²) in [6, 6.07) is 27.7. The summed E-state index contributed by atoms with van der Waals surface area (Å²) >= 11 is 1.54. The second-order valence-electron chi connectivity index (χ2n) is 13.0. The third-order valence-corrected chi connectivity index (χ3v) is 9.97. The summed E-state index contributed by atoms with van der Waals surface area (Å²) in [5.41, 5.74) is 3.00. The van der Waals surface area contributed by atoms with Crippen molar-refractivity contribution in [1.82, 2.24) is 25.1 Å². The Bertz CT molecular complexity index is 1900. The van der Waals surface area contributed by atoms with E-state index in [-0.39, 0.29) is 36.7 Å². The summed E-state index contributed by atoms with van der Waals surface area (Å²) in [6.07, 6.45) is 6.75. The minimum absolute atomic E-state index is 0.00635. The number of carboxylic acids is 1. The molecule has 0 radical (unpaired) electrons. The summed E-state index contributed by atoms with van der Waals surface area (Å²) in [5.74, 6) is -0.774. The number of rotatable bonds is 18. The van der Waals surface area contributed by atoms with Crippen LogP contribution in [0.1, 0.15) is 43.5 Å². The lowest BCUT2D eigenvalue weighted by Crippen LogP contribution is -2.51. The van der Waals surface area contributed by atoms with Crippen LogP contribution in [0.3, 0.4) is 0 Å². The fourth-order valence-electron chi connectivity index (χ4n) is 6.32. The first-order valence-corrected chi connectivity index (χ1v) is 18.6. The molecule has 1 aromatic heterocycles. The molecule has 3 atom stereocenters. The van der Waals surface area contributed by atoms with Gasteiger partial charge in [-0.1, -0.05) is 99.1 Å². The lowest BCUT2D eigenvalue weighted by Gasteiger charge is -2.31. The number of aromatic nitrogens is 2. The summed E-state index contributed by atoms with van der Waals surface area (Å²) in [7, 11) is 0. The third kappa shape index (κ3) is 9.95. The van der Waals surface area contributed by atoms with E-state index in [9.17, 15) is 19.5 Å². The predicted molar refractivity (Wildman–Crippen MR) is 202 cm³/mol. The van der Waals surface area contributed by atoms with Crippen LogP contribution in [0, 0.1) is 5.92 Å². The molecule has 0 aliphatic rings. The Morgan fingerprint density at radius 2 is 1.66 bits per heavy atom. The standard InChI is InChI=1S/C40H47N5O4S/c1-4-28(2)37(43-38(46)21-34-22-41-27-45(34)23-29-16-17-30-10-5-6-12-32(30)20-29)25-44(26-39(47)42-36(40(48)49)18-19-50-3)24-33-14-9-13-31-11-7-8-15-35(31)33/h5-17,20,22,27-28,36-37H,4,18-19,21,23-26H2,1-3H3,(H,42,47)(H,43,46)(H,48,49)/t28?,36-,37+/m0/s1. The molecule has 3 N–H and O–H groups in total. The van der Waals surface area contributed by atoms with Crippen molar-refractivity contribution in [1.29, 1.82) is 0 Å². The zero-order valence-electron chi connectivity index (χ0n) is 29.0. The van der Waals surface area contributed by atoms with Crippen molar-refractivity contribution in [2.24, 2.45) is 5.92 Å². The molecule has 0 aliphatic carbocycles. The number of carboxylic acid groups (broad SMARTS) is 1. The number of nitrogens with one attached hydrogen (secondary N) is 2. The number of hydrogen-bond donors (Lipinski definition) is 3. The fourth-order valence-corrected chi connectivity index (χ4v) is 6.79. The number of nitrogens with zero attached hydrogens (tertiary/aromatic N) is 3. The van der Waals surface area contributed by atoms with Gasteiger partial charge in [0.25, 0.3) is 0 Å². The number of hydrogen-bond acceptors (Lipinski definition) is 6. The Hall–Kier alpha value is -4.67. The number of fused-ring (bicyclic) bond motifs is 2. The van der Waals surface area contributed by atoms with Crippen molar-refractivity contribution < 1.29 is 19.5 Å². The molecule has 1 heterocycles. The number of imidazole rings is 1. The van der Waals surface area contributed by atoms with Crippen LogP contribution in [0.25, 0.3) is 21.5 Å². The van der Waals surface area contributed by atoms with Gasteiger partial charge in [0.1, 0.15) is 6.04 Å². The molecule has 9 nitrogen and oxygen atoms in total. The molecule has 5 rings (SSSR count). The molecule has 10 heteroatoms. The van der Waals surface area contributed by atoms with Gasteiger partial charge in [0.15, 0.2) is 0 Å². The van der Waals surface area contributed by atoms with Gasteiger partial charge in [0.05, 0.1) is 19.3 Å². The number of carbonyl (C=O) groups excluding carboxylic acids is 2. The Labute approximate surface area is 298 Å². The first-order valence-electron chi connectivity index (χ1n) is 17.2. The Kier molecular flexibility index (Phi) is 13.1. The lowest BCUT2D eigenvalue weighted by molar-refractivity contribution is -0.142. The van der Waals surface area contributed by atoms with Crippen LogP contribution in [-0.2, 0) is 33.9 Å². The Morgan fingerprint density at radius 3 is 2.42 bits per heavy atom. The van der Waals surface area contributed by atoms with E-state index < -0.39 is 12.0 Å². The molecule has 1 unspecified atom stereocenters. The van der Waals surface area contributed by atoms with Crippen molar-refractivity contribution in [3.05, 3.63) is 114 Å². The highest BCUT2D eigenvalue weighted by Crippen LogP contribution is 2.22. The zero-order valence-corrected chi connectivity index (χ0v) is 29.9. The van der Waals surface area contributed by atoms with Gasteiger partial charge in [-0.3, -0.25) is 14.5 Å². The molecule has 5 aromatic rings. The highest BCUT2D eigenvalue weighted by Gasteiger charge is 2.26. The van der Waals surface area contributed by atoms with Crippen molar-refractivity contribution in [3.8, 4) is 0 Å². The molecule has 262 valence electrons. The Morgan fingerprint density at radius 1 is 0.920 bits per heavy atom. The molecule has 4 aromatic carbocycles. The largest absolute Gasteiger partial charge is 0.480 e. The number of benzene rings is 4. The van der Waals surface area contributed by atoms with Gasteiger partial charge in [-0.25, -0.2) is 9.78 Å². The maximum atomic E-state index is 13.7. The summed E-state index contributed by atoms with van der Waals surface area (Å²) < 4.78 is 2.01. The van der Waals surface area contributed by atoms with Gasteiger partial charge >= 0.3 is 5.97 Å². The quantitative estimate of drug-likeness (QED) is 0.101. The van der Waals surface area contributed by atoms with E-state index in [2.05, 4.69) is 84.1 Å². The molecule has 0 saturated carbocycles. The average Bonchev–Trinajstić information content (AvgIpc) is 3.54. The minimum Gasteiger partial charge on any atom is -0.480 e. The van der Waals surface area contributed by atoms with Crippen LogP contribution < -0.4 is 10.6 Å². The number of thioether (sulfide) groups is 1. The summed E-state index contributed by atoms with van der Waals surface area (Å²) in [6.45, 7) is 5.66. The number of amides is 2. The third-order valence-electron chi connectivity index (χ3n) is 9.32. The molecular weight excluding hydrogens is 647 g/mol. The van der Waals surface area contributed by atoms with Crippen LogP contribution in [-0.4, -0.2) is 74.5 Å².